The van der Waals surface area contributed by atoms with Crippen LogP contribution in [0.25, 0.3) is 0 Å². The SMILES string of the molecule is CCC(C)NCCNCc1nccs1. The van der Waals surface area contributed by atoms with Crippen LogP contribution in [0, 0.1) is 0 Å². The van der Waals surface area contributed by atoms with Gasteiger partial charge in [-0.25, -0.2) is 4.98 Å². The third-order valence-electron chi connectivity index (χ3n) is 2.17. The number of nitrogens with one attached hydrogen (secondary N) is 2. The summed E-state index contributed by atoms with van der Waals surface area (Å²) in [6, 6.07) is 0.622. The van der Waals surface area contributed by atoms with Crippen LogP contribution >= 0.6 is 11.3 Å². The van der Waals surface area contributed by atoms with E-state index < -0.39 is 0 Å². The average Bonchev–Trinajstić information content (AvgIpc) is 2.69. The van der Waals surface area contributed by atoms with Crippen molar-refractivity contribution in [2.24, 2.45) is 0 Å². The van der Waals surface area contributed by atoms with E-state index in [1.165, 1.54) is 6.42 Å². The van der Waals surface area contributed by atoms with Gasteiger partial charge < -0.3 is 10.6 Å². The second-order valence-electron chi connectivity index (χ2n) is 3.37. The molecule has 0 fully saturated rings. The molecule has 0 aromatic carbocycles. The summed E-state index contributed by atoms with van der Waals surface area (Å²) in [5.41, 5.74) is 0. The minimum Gasteiger partial charge on any atom is -0.313 e. The minimum atomic E-state index is 0.622. The predicted molar refractivity (Wildman–Crippen MR) is 61.6 cm³/mol. The van der Waals surface area contributed by atoms with E-state index in [1.54, 1.807) is 11.3 Å². The lowest BCUT2D eigenvalue weighted by molar-refractivity contribution is 0.517. The van der Waals surface area contributed by atoms with Gasteiger partial charge in [0, 0.05) is 37.3 Å². The highest BCUT2D eigenvalue weighted by atomic mass is 32.1. The molecule has 3 nitrogen and oxygen atoms in total. The molecule has 1 atom stereocenters. The van der Waals surface area contributed by atoms with Crippen molar-refractivity contribution in [3.05, 3.63) is 16.6 Å². The maximum atomic E-state index is 4.20. The fraction of sp³-hybridized carbons (Fsp3) is 0.700. The normalized spacial score (nSPS) is 13.0. The fourth-order valence-electron chi connectivity index (χ4n) is 1.09. The molecule has 0 saturated heterocycles. The molecule has 1 aromatic heterocycles. The highest BCUT2D eigenvalue weighted by Gasteiger charge is 1.96. The standard InChI is InChI=1S/C10H19N3S/c1-3-9(2)12-5-4-11-8-10-13-6-7-14-10/h6-7,9,11-12H,3-5,8H2,1-2H3. The highest BCUT2D eigenvalue weighted by molar-refractivity contribution is 7.09. The van der Waals surface area contributed by atoms with Crippen molar-refractivity contribution < 1.29 is 0 Å². The summed E-state index contributed by atoms with van der Waals surface area (Å²) in [7, 11) is 0. The van der Waals surface area contributed by atoms with Crippen molar-refractivity contribution in [2.75, 3.05) is 13.1 Å². The number of hydrogen-bond donors (Lipinski definition) is 2. The molecule has 0 spiro atoms. The summed E-state index contributed by atoms with van der Waals surface area (Å²) >= 11 is 1.70. The van der Waals surface area contributed by atoms with Crippen LogP contribution in [0.5, 0.6) is 0 Å². The first-order chi connectivity index (χ1) is 6.83. The third-order valence-corrected chi connectivity index (χ3v) is 2.95. The van der Waals surface area contributed by atoms with Crippen LogP contribution in [0.3, 0.4) is 0 Å². The van der Waals surface area contributed by atoms with Crippen LogP contribution in [-0.2, 0) is 6.54 Å². The van der Waals surface area contributed by atoms with Crippen molar-refractivity contribution in [3.63, 3.8) is 0 Å². The Kier molecular flexibility index (Phi) is 5.75. The lowest BCUT2D eigenvalue weighted by Gasteiger charge is -2.10. The molecule has 1 rings (SSSR count). The molecule has 0 amide bonds. The summed E-state index contributed by atoms with van der Waals surface area (Å²) in [6.07, 6.45) is 3.03. The Labute approximate surface area is 89.9 Å². The molecule has 0 aliphatic heterocycles. The molecule has 80 valence electrons. The fourth-order valence-corrected chi connectivity index (χ4v) is 1.67. The number of thiazole rings is 1. The molecule has 0 aliphatic rings. The van der Waals surface area contributed by atoms with Crippen LogP contribution in [0.4, 0.5) is 0 Å². The molecule has 0 saturated carbocycles. The van der Waals surface area contributed by atoms with Gasteiger partial charge in [-0.1, -0.05) is 6.92 Å². The Hall–Kier alpha value is -0.450. The van der Waals surface area contributed by atoms with Crippen LogP contribution in [0.1, 0.15) is 25.3 Å². The molecule has 0 aliphatic carbocycles. The van der Waals surface area contributed by atoms with E-state index >= 15 is 0 Å². The largest absolute Gasteiger partial charge is 0.313 e. The maximum Gasteiger partial charge on any atom is 0.106 e. The molecule has 4 heteroatoms. The van der Waals surface area contributed by atoms with Crippen molar-refractivity contribution in [1.29, 1.82) is 0 Å². The summed E-state index contributed by atoms with van der Waals surface area (Å²) in [4.78, 5) is 4.20. The zero-order chi connectivity index (χ0) is 10.2. The summed E-state index contributed by atoms with van der Waals surface area (Å²) in [5, 5.41) is 9.95. The number of hydrogen-bond acceptors (Lipinski definition) is 4. The molecular formula is C10H19N3S. The first kappa shape index (κ1) is 11.6. The number of nitrogens with zero attached hydrogens (tertiary/aromatic N) is 1. The molecule has 0 bridgehead atoms. The predicted octanol–water partition coefficient (Wildman–Crippen LogP) is 1.62. The lowest BCUT2D eigenvalue weighted by Crippen LogP contribution is -2.32. The van der Waals surface area contributed by atoms with Gasteiger partial charge in [0.1, 0.15) is 5.01 Å². The average molecular weight is 213 g/mol. The van der Waals surface area contributed by atoms with Gasteiger partial charge in [0.2, 0.25) is 0 Å². The summed E-state index contributed by atoms with van der Waals surface area (Å²) < 4.78 is 0. The minimum absolute atomic E-state index is 0.622. The van der Waals surface area contributed by atoms with Gasteiger partial charge in [-0.3, -0.25) is 0 Å². The third kappa shape index (κ3) is 4.69. The van der Waals surface area contributed by atoms with E-state index in [2.05, 4.69) is 29.5 Å². The molecule has 2 N–H and O–H groups in total. The molecular weight excluding hydrogens is 194 g/mol. The zero-order valence-corrected chi connectivity index (χ0v) is 9.73. The molecule has 14 heavy (non-hydrogen) atoms. The second-order valence-corrected chi connectivity index (χ2v) is 4.35. The number of rotatable bonds is 7. The molecule has 1 aromatic rings. The smallest absolute Gasteiger partial charge is 0.106 e. The summed E-state index contributed by atoms with van der Waals surface area (Å²) in [6.45, 7) is 7.33. The van der Waals surface area contributed by atoms with E-state index in [0.717, 1.165) is 24.6 Å². The van der Waals surface area contributed by atoms with Crippen molar-refractivity contribution >= 4 is 11.3 Å². The van der Waals surface area contributed by atoms with Crippen molar-refractivity contribution in [3.8, 4) is 0 Å². The van der Waals surface area contributed by atoms with Gasteiger partial charge >= 0.3 is 0 Å². The molecule has 0 radical (unpaired) electrons. The Morgan fingerprint density at radius 1 is 1.50 bits per heavy atom. The quantitative estimate of drug-likeness (QED) is 0.676. The van der Waals surface area contributed by atoms with Crippen molar-refractivity contribution in [1.82, 2.24) is 15.6 Å². The van der Waals surface area contributed by atoms with Crippen LogP contribution < -0.4 is 10.6 Å². The summed E-state index contributed by atoms with van der Waals surface area (Å²) in [5.74, 6) is 0. The monoisotopic (exact) mass is 213 g/mol. The molecule has 1 heterocycles. The molecule has 1 unspecified atom stereocenters. The first-order valence-corrected chi connectivity index (χ1v) is 6.03. The van der Waals surface area contributed by atoms with Gasteiger partial charge in [-0.05, 0) is 13.3 Å². The van der Waals surface area contributed by atoms with E-state index in [1.807, 2.05) is 11.6 Å². The van der Waals surface area contributed by atoms with E-state index in [-0.39, 0.29) is 0 Å². The van der Waals surface area contributed by atoms with Gasteiger partial charge in [-0.15, -0.1) is 11.3 Å². The Morgan fingerprint density at radius 3 is 3.00 bits per heavy atom. The maximum absolute atomic E-state index is 4.20. The first-order valence-electron chi connectivity index (χ1n) is 5.15. The Morgan fingerprint density at radius 2 is 2.36 bits per heavy atom. The Bertz CT molecular complexity index is 223. The van der Waals surface area contributed by atoms with Crippen LogP contribution in [-0.4, -0.2) is 24.1 Å². The van der Waals surface area contributed by atoms with Gasteiger partial charge in [0.15, 0.2) is 0 Å². The topological polar surface area (TPSA) is 37.0 Å². The van der Waals surface area contributed by atoms with Crippen LogP contribution in [0.15, 0.2) is 11.6 Å². The van der Waals surface area contributed by atoms with Gasteiger partial charge in [-0.2, -0.15) is 0 Å². The second kappa shape index (κ2) is 6.92. The van der Waals surface area contributed by atoms with E-state index in [4.69, 9.17) is 0 Å². The highest BCUT2D eigenvalue weighted by Crippen LogP contribution is 2.01. The van der Waals surface area contributed by atoms with Gasteiger partial charge in [0.05, 0.1) is 0 Å². The van der Waals surface area contributed by atoms with E-state index in [9.17, 15) is 0 Å². The zero-order valence-electron chi connectivity index (χ0n) is 8.92. The van der Waals surface area contributed by atoms with Crippen LogP contribution in [0.2, 0.25) is 0 Å². The Balaban J connectivity index is 1.95. The van der Waals surface area contributed by atoms with E-state index in [0.29, 0.717) is 6.04 Å². The number of aromatic nitrogens is 1. The van der Waals surface area contributed by atoms with Gasteiger partial charge in [0.25, 0.3) is 0 Å². The lowest BCUT2D eigenvalue weighted by atomic mass is 10.3. The van der Waals surface area contributed by atoms with Crippen molar-refractivity contribution in [2.45, 2.75) is 32.9 Å².